The molecule has 0 aliphatic rings. The normalized spacial score (nSPS) is 13.6. The molecule has 0 bridgehead atoms. The molecule has 0 aliphatic heterocycles. The lowest BCUT2D eigenvalue weighted by molar-refractivity contribution is -0.136. The molecule has 1 aromatic rings. The van der Waals surface area contributed by atoms with Crippen LogP contribution in [0.4, 0.5) is 24.5 Å². The minimum Gasteiger partial charge on any atom is -0.398 e. The maximum absolute atomic E-state index is 12.5. The van der Waals surface area contributed by atoms with Crippen molar-refractivity contribution in [1.29, 1.82) is 0 Å². The number of nitrogen functional groups attached to an aromatic ring is 1. The van der Waals surface area contributed by atoms with Crippen LogP contribution < -0.4 is 11.1 Å². The van der Waals surface area contributed by atoms with Crippen LogP contribution in [0.25, 0.3) is 0 Å². The molecule has 0 amide bonds. The first kappa shape index (κ1) is 12.6. The Bertz CT molecular complexity index is 366. The lowest BCUT2D eigenvalue weighted by Crippen LogP contribution is -2.20. The van der Waals surface area contributed by atoms with Crippen molar-refractivity contribution in [1.82, 2.24) is 0 Å². The summed E-state index contributed by atoms with van der Waals surface area (Å²) in [5.41, 5.74) is 4.34. The van der Waals surface area contributed by atoms with Gasteiger partial charge in [0.2, 0.25) is 0 Å². The van der Waals surface area contributed by atoms with Crippen LogP contribution in [0.1, 0.15) is 12.5 Å². The molecular weight excluding hydrogens is 221 g/mol. The van der Waals surface area contributed by atoms with Crippen molar-refractivity contribution in [2.45, 2.75) is 19.1 Å². The first-order valence-corrected chi connectivity index (χ1v) is 4.68. The summed E-state index contributed by atoms with van der Waals surface area (Å²) in [6, 6.07) is 3.25. The van der Waals surface area contributed by atoms with Gasteiger partial charge >= 0.3 is 6.18 Å². The smallest absolute Gasteiger partial charge is 0.398 e. The summed E-state index contributed by atoms with van der Waals surface area (Å²) >= 11 is 0. The second kappa shape index (κ2) is 4.61. The van der Waals surface area contributed by atoms with Gasteiger partial charge in [-0.3, -0.25) is 0 Å². The third-order valence-electron chi connectivity index (χ3n) is 2.05. The van der Waals surface area contributed by atoms with Crippen LogP contribution >= 0.6 is 0 Å². The Hall–Kier alpha value is -1.43. The van der Waals surface area contributed by atoms with E-state index in [0.717, 1.165) is 6.07 Å². The van der Waals surface area contributed by atoms with Gasteiger partial charge in [-0.2, -0.15) is 13.2 Å². The average Bonchev–Trinajstić information content (AvgIpc) is 2.19. The third kappa shape index (κ3) is 3.03. The summed E-state index contributed by atoms with van der Waals surface area (Å²) in [6.45, 7) is 1.50. The molecule has 90 valence electrons. The summed E-state index contributed by atoms with van der Waals surface area (Å²) in [6.07, 6.45) is -4.47. The van der Waals surface area contributed by atoms with Crippen molar-refractivity contribution >= 4 is 11.4 Å². The second-order valence-corrected chi connectivity index (χ2v) is 3.53. The number of nitrogens with two attached hydrogens (primary N) is 1. The highest BCUT2D eigenvalue weighted by Crippen LogP contribution is 2.35. The first-order chi connectivity index (χ1) is 7.34. The van der Waals surface area contributed by atoms with Gasteiger partial charge in [0.05, 0.1) is 12.2 Å². The van der Waals surface area contributed by atoms with E-state index < -0.39 is 11.7 Å². The van der Waals surface area contributed by atoms with E-state index in [1.54, 1.807) is 6.92 Å². The monoisotopic (exact) mass is 234 g/mol. The molecular formula is C10H13F3N2O. The molecule has 6 heteroatoms. The Balaban J connectivity index is 2.99. The molecule has 0 spiro atoms. The van der Waals surface area contributed by atoms with Gasteiger partial charge in [-0.05, 0) is 25.1 Å². The molecule has 0 heterocycles. The highest BCUT2D eigenvalue weighted by molar-refractivity contribution is 5.58. The predicted molar refractivity (Wildman–Crippen MR) is 56.0 cm³/mol. The van der Waals surface area contributed by atoms with Gasteiger partial charge in [0.15, 0.2) is 0 Å². The molecule has 4 N–H and O–H groups in total. The number of anilines is 2. The van der Waals surface area contributed by atoms with E-state index >= 15 is 0 Å². The second-order valence-electron chi connectivity index (χ2n) is 3.53. The maximum Gasteiger partial charge on any atom is 0.418 e. The van der Waals surface area contributed by atoms with Crippen molar-refractivity contribution in [2.24, 2.45) is 0 Å². The van der Waals surface area contributed by atoms with Gasteiger partial charge in [0.1, 0.15) is 0 Å². The standard InChI is InChI=1S/C10H13F3N2O/c1-6(5-16)15-7-2-3-9(14)8(4-7)10(11,12)13/h2-4,6,15-16H,5,14H2,1H3. The lowest BCUT2D eigenvalue weighted by Gasteiger charge is -2.15. The Morgan fingerprint density at radius 1 is 1.44 bits per heavy atom. The summed E-state index contributed by atoms with van der Waals surface area (Å²) < 4.78 is 37.5. The van der Waals surface area contributed by atoms with Gasteiger partial charge in [-0.1, -0.05) is 0 Å². The van der Waals surface area contributed by atoms with Crippen LogP contribution in [0.3, 0.4) is 0 Å². The highest BCUT2D eigenvalue weighted by atomic mass is 19.4. The fraction of sp³-hybridized carbons (Fsp3) is 0.400. The van der Waals surface area contributed by atoms with Crippen molar-refractivity contribution in [3.8, 4) is 0 Å². The molecule has 3 nitrogen and oxygen atoms in total. The molecule has 0 radical (unpaired) electrons. The fourth-order valence-electron chi connectivity index (χ4n) is 1.22. The van der Waals surface area contributed by atoms with Crippen LogP contribution in [0.2, 0.25) is 0 Å². The van der Waals surface area contributed by atoms with Crippen LogP contribution in [0.5, 0.6) is 0 Å². The average molecular weight is 234 g/mol. The van der Waals surface area contributed by atoms with Crippen LogP contribution in [-0.2, 0) is 6.18 Å². The van der Waals surface area contributed by atoms with Crippen molar-refractivity contribution < 1.29 is 18.3 Å². The molecule has 1 aromatic carbocycles. The van der Waals surface area contributed by atoms with Gasteiger partial charge in [-0.25, -0.2) is 0 Å². The quantitative estimate of drug-likeness (QED) is 0.702. The highest BCUT2D eigenvalue weighted by Gasteiger charge is 2.33. The van der Waals surface area contributed by atoms with Crippen molar-refractivity contribution in [2.75, 3.05) is 17.7 Å². The van der Waals surface area contributed by atoms with E-state index in [4.69, 9.17) is 10.8 Å². The van der Waals surface area contributed by atoms with E-state index in [1.807, 2.05) is 0 Å². The Morgan fingerprint density at radius 2 is 2.06 bits per heavy atom. The fourth-order valence-corrected chi connectivity index (χ4v) is 1.22. The molecule has 0 aromatic heterocycles. The predicted octanol–water partition coefficient (Wildman–Crippen LogP) is 2.08. The van der Waals surface area contributed by atoms with Crippen LogP contribution in [0.15, 0.2) is 18.2 Å². The number of halogens is 3. The number of benzene rings is 1. The van der Waals surface area contributed by atoms with Crippen molar-refractivity contribution in [3.63, 3.8) is 0 Å². The molecule has 1 unspecified atom stereocenters. The number of nitrogens with one attached hydrogen (secondary N) is 1. The Kier molecular flexibility index (Phi) is 3.64. The zero-order valence-corrected chi connectivity index (χ0v) is 8.67. The molecule has 0 saturated carbocycles. The van der Waals surface area contributed by atoms with E-state index in [0.29, 0.717) is 0 Å². The molecule has 0 fully saturated rings. The van der Waals surface area contributed by atoms with E-state index in [-0.39, 0.29) is 24.0 Å². The minimum atomic E-state index is -4.47. The van der Waals surface area contributed by atoms with Crippen molar-refractivity contribution in [3.05, 3.63) is 23.8 Å². The Morgan fingerprint density at radius 3 is 2.56 bits per heavy atom. The minimum absolute atomic E-state index is 0.161. The number of aliphatic hydroxyl groups is 1. The molecule has 0 aliphatic carbocycles. The number of hydrogen-bond donors (Lipinski definition) is 3. The summed E-state index contributed by atoms with van der Waals surface area (Å²) in [5, 5.41) is 11.5. The number of hydrogen-bond acceptors (Lipinski definition) is 3. The topological polar surface area (TPSA) is 58.3 Å². The molecule has 1 atom stereocenters. The van der Waals surface area contributed by atoms with Gasteiger partial charge in [0, 0.05) is 17.4 Å². The van der Waals surface area contributed by atoms with E-state index in [9.17, 15) is 13.2 Å². The zero-order chi connectivity index (χ0) is 12.3. The maximum atomic E-state index is 12.5. The Labute approximate surface area is 91.1 Å². The van der Waals surface area contributed by atoms with Gasteiger partial charge in [-0.15, -0.1) is 0 Å². The SMILES string of the molecule is CC(CO)Nc1ccc(N)c(C(F)(F)F)c1. The van der Waals surface area contributed by atoms with Crippen LogP contribution in [0, 0.1) is 0 Å². The lowest BCUT2D eigenvalue weighted by atomic mass is 10.1. The zero-order valence-electron chi connectivity index (χ0n) is 8.67. The number of aliphatic hydroxyl groups excluding tert-OH is 1. The summed E-state index contributed by atoms with van der Waals surface area (Å²) in [7, 11) is 0. The largest absolute Gasteiger partial charge is 0.418 e. The molecule has 16 heavy (non-hydrogen) atoms. The summed E-state index contributed by atoms with van der Waals surface area (Å²) in [5.74, 6) is 0. The summed E-state index contributed by atoms with van der Waals surface area (Å²) in [4.78, 5) is 0. The number of alkyl halides is 3. The third-order valence-corrected chi connectivity index (χ3v) is 2.05. The molecule has 1 rings (SSSR count). The number of rotatable bonds is 3. The van der Waals surface area contributed by atoms with Crippen LogP contribution in [-0.4, -0.2) is 17.8 Å². The van der Waals surface area contributed by atoms with E-state index in [2.05, 4.69) is 5.32 Å². The first-order valence-electron chi connectivity index (χ1n) is 4.68. The van der Waals surface area contributed by atoms with E-state index in [1.165, 1.54) is 12.1 Å². The van der Waals surface area contributed by atoms with Gasteiger partial charge in [0.25, 0.3) is 0 Å². The molecule has 0 saturated heterocycles. The van der Waals surface area contributed by atoms with Gasteiger partial charge < -0.3 is 16.2 Å².